The number of hydrogen-bond acceptors (Lipinski definition) is 4. The van der Waals surface area contributed by atoms with Gasteiger partial charge in [-0.1, -0.05) is 38.6 Å². The Hall–Kier alpha value is -2.62. The van der Waals surface area contributed by atoms with Crippen LogP contribution in [0.15, 0.2) is 53.6 Å². The van der Waals surface area contributed by atoms with E-state index in [-0.39, 0.29) is 23.2 Å². The van der Waals surface area contributed by atoms with Gasteiger partial charge in [-0.05, 0) is 54.7 Å². The van der Waals surface area contributed by atoms with Gasteiger partial charge in [0.2, 0.25) is 0 Å². The Balaban J connectivity index is 2.33. The lowest BCUT2D eigenvalue weighted by atomic mass is 9.45. The maximum absolute atomic E-state index is 13.6. The van der Waals surface area contributed by atoms with Crippen LogP contribution >= 0.6 is 0 Å². The third-order valence-electron chi connectivity index (χ3n) is 6.79. The van der Waals surface area contributed by atoms with Gasteiger partial charge in [-0.3, -0.25) is 9.59 Å². The van der Waals surface area contributed by atoms with Crippen molar-refractivity contribution in [2.75, 3.05) is 7.11 Å². The first-order valence-corrected chi connectivity index (χ1v) is 9.10. The molecule has 3 rings (SSSR count). The van der Waals surface area contributed by atoms with Gasteiger partial charge >= 0.3 is 0 Å². The van der Waals surface area contributed by atoms with E-state index in [1.165, 1.54) is 7.11 Å². The molecule has 1 aromatic rings. The van der Waals surface area contributed by atoms with Gasteiger partial charge in [0.1, 0.15) is 0 Å². The summed E-state index contributed by atoms with van der Waals surface area (Å²) in [6.45, 7) is 11.2. The highest BCUT2D eigenvalue weighted by atomic mass is 16.5. The molecule has 0 unspecified atom stereocenters. The second kappa shape index (κ2) is 6.22. The van der Waals surface area contributed by atoms with Crippen molar-refractivity contribution in [3.63, 3.8) is 0 Å². The number of fused-ring (bicyclic) bond motifs is 1. The normalized spacial score (nSPS) is 30.7. The second-order valence-electron chi connectivity index (χ2n) is 7.92. The van der Waals surface area contributed by atoms with E-state index in [1.54, 1.807) is 38.1 Å². The van der Waals surface area contributed by atoms with Crippen LogP contribution in [0, 0.1) is 10.8 Å². The number of ketones is 2. The zero-order valence-electron chi connectivity index (χ0n) is 16.6. The second-order valence-corrected chi connectivity index (χ2v) is 7.92. The number of rotatable bonds is 3. The number of carbonyl (C=O) groups excluding carboxylic acids is 2. The fourth-order valence-corrected chi connectivity index (χ4v) is 4.76. The van der Waals surface area contributed by atoms with Crippen LogP contribution in [-0.4, -0.2) is 23.8 Å². The number of methoxy groups -OCH3 is 1. The summed E-state index contributed by atoms with van der Waals surface area (Å²) in [6, 6.07) is 5.09. The largest absolute Gasteiger partial charge is 0.504 e. The SMILES string of the molecule is C=CC1=CC[C@@]2(C)C(=O)C(C)=C(C)C(=O)[C@@]2(C)[C@H]1c1ccc(O)c(OC)c1. The number of allylic oxidation sites excluding steroid dienone is 5. The van der Waals surface area contributed by atoms with Crippen molar-refractivity contribution in [1.29, 1.82) is 0 Å². The van der Waals surface area contributed by atoms with Crippen molar-refractivity contribution in [1.82, 2.24) is 0 Å². The third-order valence-corrected chi connectivity index (χ3v) is 6.79. The summed E-state index contributed by atoms with van der Waals surface area (Å²) in [6.07, 6.45) is 4.26. The van der Waals surface area contributed by atoms with E-state index in [4.69, 9.17) is 4.74 Å². The van der Waals surface area contributed by atoms with Gasteiger partial charge in [-0.2, -0.15) is 0 Å². The Morgan fingerprint density at radius 1 is 1.19 bits per heavy atom. The fourth-order valence-electron chi connectivity index (χ4n) is 4.76. The molecule has 0 amide bonds. The minimum absolute atomic E-state index is 0.00779. The summed E-state index contributed by atoms with van der Waals surface area (Å²) in [7, 11) is 1.49. The van der Waals surface area contributed by atoms with Gasteiger partial charge in [-0.25, -0.2) is 0 Å². The van der Waals surface area contributed by atoms with Gasteiger partial charge in [0, 0.05) is 11.3 Å². The maximum atomic E-state index is 13.6. The number of ether oxygens (including phenoxy) is 1. The molecule has 1 N–H and O–H groups in total. The van der Waals surface area contributed by atoms with E-state index in [2.05, 4.69) is 6.58 Å². The predicted molar refractivity (Wildman–Crippen MR) is 105 cm³/mol. The highest BCUT2D eigenvalue weighted by Gasteiger charge is 2.63. The molecule has 27 heavy (non-hydrogen) atoms. The summed E-state index contributed by atoms with van der Waals surface area (Å²) in [5.74, 6) is 0.0310. The van der Waals surface area contributed by atoms with E-state index in [1.807, 2.05) is 19.9 Å². The number of benzene rings is 1. The number of aromatic hydroxyl groups is 1. The lowest BCUT2D eigenvalue weighted by molar-refractivity contribution is -0.147. The van der Waals surface area contributed by atoms with Crippen LogP contribution < -0.4 is 4.74 Å². The molecule has 0 spiro atoms. The summed E-state index contributed by atoms with van der Waals surface area (Å²) in [4.78, 5) is 26.8. The lowest BCUT2D eigenvalue weighted by Gasteiger charge is -2.54. The Bertz CT molecular complexity index is 920. The van der Waals surface area contributed by atoms with Crippen molar-refractivity contribution >= 4 is 11.6 Å². The molecule has 0 radical (unpaired) electrons. The van der Waals surface area contributed by atoms with Crippen LogP contribution in [0.4, 0.5) is 0 Å². The van der Waals surface area contributed by atoms with Gasteiger partial charge in [0.05, 0.1) is 12.5 Å². The number of phenolic OH excluding ortho intramolecular Hbond substituents is 1. The van der Waals surface area contributed by atoms with Crippen LogP contribution in [0.2, 0.25) is 0 Å². The lowest BCUT2D eigenvalue weighted by Crippen LogP contribution is -2.57. The minimum Gasteiger partial charge on any atom is -0.504 e. The molecule has 0 heterocycles. The van der Waals surface area contributed by atoms with Crippen molar-refractivity contribution in [3.05, 3.63) is 59.2 Å². The highest BCUT2D eigenvalue weighted by Crippen LogP contribution is 2.62. The average Bonchev–Trinajstić information content (AvgIpc) is 2.67. The monoisotopic (exact) mass is 366 g/mol. The molecule has 4 heteroatoms. The fraction of sp³-hybridized carbons (Fsp3) is 0.391. The van der Waals surface area contributed by atoms with Crippen LogP contribution in [0.1, 0.15) is 45.6 Å². The van der Waals surface area contributed by atoms with Crippen molar-refractivity contribution < 1.29 is 19.4 Å². The van der Waals surface area contributed by atoms with Gasteiger partial charge in [0.15, 0.2) is 23.1 Å². The van der Waals surface area contributed by atoms with Crippen LogP contribution in [0.3, 0.4) is 0 Å². The third kappa shape index (κ3) is 2.35. The number of Topliss-reactive ketones (excluding diaryl/α,β-unsaturated/α-hetero) is 2. The van der Waals surface area contributed by atoms with Gasteiger partial charge < -0.3 is 9.84 Å². The Labute approximate surface area is 160 Å². The van der Waals surface area contributed by atoms with Crippen LogP contribution in [0.25, 0.3) is 0 Å². The number of phenols is 1. The van der Waals surface area contributed by atoms with E-state index >= 15 is 0 Å². The van der Waals surface area contributed by atoms with Gasteiger partial charge in [-0.15, -0.1) is 0 Å². The van der Waals surface area contributed by atoms with Crippen molar-refractivity contribution in [2.45, 2.75) is 40.0 Å². The van der Waals surface area contributed by atoms with E-state index < -0.39 is 10.8 Å². The number of hydrogen-bond donors (Lipinski definition) is 1. The van der Waals surface area contributed by atoms with E-state index in [0.717, 1.165) is 11.1 Å². The topological polar surface area (TPSA) is 63.6 Å². The molecular formula is C23H26O4. The van der Waals surface area contributed by atoms with Gasteiger partial charge in [0.25, 0.3) is 0 Å². The van der Waals surface area contributed by atoms with Crippen LogP contribution in [0.5, 0.6) is 11.5 Å². The molecular weight excluding hydrogens is 340 g/mol. The molecule has 1 aromatic carbocycles. The molecule has 0 aliphatic heterocycles. The number of carbonyl (C=O) groups is 2. The first-order valence-electron chi connectivity index (χ1n) is 9.10. The quantitative estimate of drug-likeness (QED) is 0.855. The molecule has 142 valence electrons. The summed E-state index contributed by atoms with van der Waals surface area (Å²) in [5.41, 5.74) is 1.02. The average molecular weight is 366 g/mol. The van der Waals surface area contributed by atoms with E-state index in [0.29, 0.717) is 23.3 Å². The standard InChI is InChI=1S/C23H26O4/c1-7-15-10-11-22(4)20(25)13(2)14(3)21(26)23(22,5)19(15)16-8-9-17(24)18(12-16)27-6/h7-10,12,19,24H,1,11H2,2-6H3/t19-,22+,23-/m1/s1. The van der Waals surface area contributed by atoms with Crippen molar-refractivity contribution in [2.24, 2.45) is 10.8 Å². The molecule has 0 aromatic heterocycles. The summed E-state index contributed by atoms with van der Waals surface area (Å²) in [5, 5.41) is 9.99. The van der Waals surface area contributed by atoms with Crippen LogP contribution in [-0.2, 0) is 9.59 Å². The summed E-state index contributed by atoms with van der Waals surface area (Å²) < 4.78 is 5.27. The zero-order chi connectivity index (χ0) is 20.1. The molecule has 0 bridgehead atoms. The summed E-state index contributed by atoms with van der Waals surface area (Å²) >= 11 is 0. The smallest absolute Gasteiger partial charge is 0.166 e. The Morgan fingerprint density at radius 3 is 2.41 bits per heavy atom. The minimum atomic E-state index is -0.950. The molecule has 0 saturated heterocycles. The molecule has 0 saturated carbocycles. The van der Waals surface area contributed by atoms with Crippen molar-refractivity contribution in [3.8, 4) is 11.5 Å². The Kier molecular flexibility index (Phi) is 4.41. The zero-order valence-corrected chi connectivity index (χ0v) is 16.6. The Morgan fingerprint density at radius 2 is 1.81 bits per heavy atom. The molecule has 0 fully saturated rings. The first kappa shape index (κ1) is 19.2. The first-order chi connectivity index (χ1) is 12.6. The predicted octanol–water partition coefficient (Wildman–Crippen LogP) is 4.50. The van der Waals surface area contributed by atoms with E-state index in [9.17, 15) is 14.7 Å². The molecule has 3 atom stereocenters. The highest BCUT2D eigenvalue weighted by molar-refractivity contribution is 6.17. The molecule has 2 aliphatic rings. The molecule has 2 aliphatic carbocycles. The molecule has 4 nitrogen and oxygen atoms in total. The maximum Gasteiger partial charge on any atom is 0.166 e.